The van der Waals surface area contributed by atoms with Gasteiger partial charge in [0.15, 0.2) is 9.84 Å². The van der Waals surface area contributed by atoms with E-state index in [1.165, 1.54) is 12.3 Å². The number of hydrogen-bond acceptors (Lipinski definition) is 6. The number of hydrogen-bond donors (Lipinski definition) is 1. The number of carbonyl (C=O) groups excluding carboxylic acids is 1. The third-order valence-corrected chi connectivity index (χ3v) is 5.32. The van der Waals surface area contributed by atoms with Gasteiger partial charge in [-0.3, -0.25) is 4.79 Å². The second-order valence-corrected chi connectivity index (χ2v) is 9.19. The monoisotopic (exact) mass is 415 g/mol. The first-order valence-electron chi connectivity index (χ1n) is 9.61. The first-order chi connectivity index (χ1) is 13.8. The molecule has 1 atom stereocenters. The first-order valence-corrected chi connectivity index (χ1v) is 11.6. The van der Waals surface area contributed by atoms with Crippen molar-refractivity contribution in [1.82, 2.24) is 15.3 Å². The topological polar surface area (TPSA) is 98.2 Å². The lowest BCUT2D eigenvalue weighted by Gasteiger charge is -2.15. The van der Waals surface area contributed by atoms with E-state index in [1.54, 1.807) is 19.1 Å². The Bertz CT molecular complexity index is 984. The zero-order valence-electron chi connectivity index (χ0n) is 16.5. The summed E-state index contributed by atoms with van der Waals surface area (Å²) in [5, 5.41) is 3.80. The molecule has 1 heterocycles. The Morgan fingerprint density at radius 1 is 1.24 bits per heavy atom. The minimum Gasteiger partial charge on any atom is -0.438 e. The summed E-state index contributed by atoms with van der Waals surface area (Å²) in [6.45, 7) is 1.69. The quantitative estimate of drug-likeness (QED) is 0.742. The Morgan fingerprint density at radius 3 is 2.59 bits per heavy atom. The smallest absolute Gasteiger partial charge is 0.258 e. The third kappa shape index (κ3) is 6.12. The fourth-order valence-corrected chi connectivity index (χ4v) is 3.71. The van der Waals surface area contributed by atoms with Gasteiger partial charge in [0.2, 0.25) is 5.88 Å². The predicted octanol–water partition coefficient (Wildman–Crippen LogP) is 3.60. The maximum absolute atomic E-state index is 12.8. The van der Waals surface area contributed by atoms with E-state index in [9.17, 15) is 13.2 Å². The molecule has 1 aliphatic rings. The van der Waals surface area contributed by atoms with E-state index in [4.69, 9.17) is 4.74 Å². The Balaban J connectivity index is 1.85. The lowest BCUT2D eigenvalue weighted by atomic mass is 10.1. The van der Waals surface area contributed by atoms with Crippen molar-refractivity contribution in [3.63, 3.8) is 0 Å². The molecule has 0 radical (unpaired) electrons. The highest BCUT2D eigenvalue weighted by molar-refractivity contribution is 7.93. The van der Waals surface area contributed by atoms with Gasteiger partial charge >= 0.3 is 0 Å². The second kappa shape index (κ2) is 9.17. The summed E-state index contributed by atoms with van der Waals surface area (Å²) in [4.78, 5) is 21.7. The fourth-order valence-electron chi connectivity index (χ4n) is 3.19. The molecule has 0 saturated heterocycles. The van der Waals surface area contributed by atoms with Crippen LogP contribution in [0.25, 0.3) is 0 Å². The van der Waals surface area contributed by atoms with Crippen molar-refractivity contribution in [3.05, 3.63) is 59.4 Å². The van der Waals surface area contributed by atoms with Crippen molar-refractivity contribution >= 4 is 15.7 Å². The van der Waals surface area contributed by atoms with Gasteiger partial charge in [-0.1, -0.05) is 37.1 Å². The summed E-state index contributed by atoms with van der Waals surface area (Å²) >= 11 is 0. The summed E-state index contributed by atoms with van der Waals surface area (Å²) in [5.41, 5.74) is 0.204. The molecule has 0 spiro atoms. The SMILES string of the molecule is C[C@H](/C=C\S(C)(=O)=O)NC(=O)c1cnc(C2CCCC2)nc1Oc1ccccc1. The lowest BCUT2D eigenvalue weighted by Crippen LogP contribution is -2.31. The first kappa shape index (κ1) is 21.0. The summed E-state index contributed by atoms with van der Waals surface area (Å²) in [6, 6.07) is 8.64. The van der Waals surface area contributed by atoms with Gasteiger partial charge in [-0.2, -0.15) is 4.98 Å². The van der Waals surface area contributed by atoms with E-state index >= 15 is 0 Å². The molecule has 0 unspecified atom stereocenters. The average molecular weight is 416 g/mol. The number of amides is 1. The van der Waals surface area contributed by atoms with Crippen molar-refractivity contribution in [2.24, 2.45) is 0 Å². The maximum atomic E-state index is 12.8. The van der Waals surface area contributed by atoms with E-state index < -0.39 is 21.8 Å². The highest BCUT2D eigenvalue weighted by Gasteiger charge is 2.24. The van der Waals surface area contributed by atoms with Crippen LogP contribution < -0.4 is 10.1 Å². The number of aromatic nitrogens is 2. The largest absolute Gasteiger partial charge is 0.438 e. The molecule has 0 bridgehead atoms. The molecular weight excluding hydrogens is 390 g/mol. The van der Waals surface area contributed by atoms with Gasteiger partial charge < -0.3 is 10.1 Å². The van der Waals surface area contributed by atoms with Crippen LogP contribution in [0, 0.1) is 0 Å². The number of ether oxygens (including phenoxy) is 1. The molecule has 29 heavy (non-hydrogen) atoms. The minimum absolute atomic E-state index is 0.199. The van der Waals surface area contributed by atoms with E-state index in [0.717, 1.165) is 37.3 Å². The Labute approximate surface area is 171 Å². The molecule has 1 aromatic heterocycles. The molecule has 1 fully saturated rings. The van der Waals surface area contributed by atoms with E-state index in [-0.39, 0.29) is 17.4 Å². The Morgan fingerprint density at radius 2 is 1.93 bits per heavy atom. The van der Waals surface area contributed by atoms with E-state index in [0.29, 0.717) is 11.6 Å². The lowest BCUT2D eigenvalue weighted by molar-refractivity contribution is 0.0943. The molecular formula is C21H25N3O4S. The molecule has 0 aliphatic heterocycles. The van der Waals surface area contributed by atoms with Crippen molar-refractivity contribution in [3.8, 4) is 11.6 Å². The normalized spacial score (nSPS) is 16.1. The van der Waals surface area contributed by atoms with Crippen molar-refractivity contribution in [2.45, 2.75) is 44.6 Å². The number of para-hydroxylation sites is 1. The van der Waals surface area contributed by atoms with Crippen LogP contribution in [0.1, 0.15) is 54.7 Å². The summed E-state index contributed by atoms with van der Waals surface area (Å²) in [7, 11) is -3.26. The average Bonchev–Trinajstić information content (AvgIpc) is 3.21. The summed E-state index contributed by atoms with van der Waals surface area (Å²) in [5.74, 6) is 1.31. The van der Waals surface area contributed by atoms with Gasteiger partial charge in [0.1, 0.15) is 17.1 Å². The maximum Gasteiger partial charge on any atom is 0.258 e. The Kier molecular flexibility index (Phi) is 6.64. The van der Waals surface area contributed by atoms with Crippen LogP contribution in [0.15, 0.2) is 48.0 Å². The second-order valence-electron chi connectivity index (χ2n) is 7.26. The number of carbonyl (C=O) groups is 1. The zero-order chi connectivity index (χ0) is 20.9. The third-order valence-electron chi connectivity index (χ3n) is 4.67. The number of sulfone groups is 1. The fraction of sp³-hybridized carbons (Fsp3) is 0.381. The molecule has 3 rings (SSSR count). The molecule has 1 aromatic carbocycles. The van der Waals surface area contributed by atoms with Crippen LogP contribution in [0.2, 0.25) is 0 Å². The molecule has 7 nitrogen and oxygen atoms in total. The number of rotatable bonds is 7. The van der Waals surface area contributed by atoms with Crippen LogP contribution in [0.4, 0.5) is 0 Å². The van der Waals surface area contributed by atoms with Gasteiger partial charge in [0.05, 0.1) is 0 Å². The van der Waals surface area contributed by atoms with Crippen molar-refractivity contribution < 1.29 is 17.9 Å². The highest BCUT2D eigenvalue weighted by Crippen LogP contribution is 2.33. The van der Waals surface area contributed by atoms with E-state index in [1.807, 2.05) is 18.2 Å². The number of nitrogens with zero attached hydrogens (tertiary/aromatic N) is 2. The molecule has 1 N–H and O–H groups in total. The van der Waals surface area contributed by atoms with Crippen molar-refractivity contribution in [2.75, 3.05) is 6.26 Å². The molecule has 8 heteroatoms. The highest BCUT2D eigenvalue weighted by atomic mass is 32.2. The molecule has 2 aromatic rings. The Hall–Kier alpha value is -2.74. The van der Waals surface area contributed by atoms with Gasteiger partial charge in [-0.25, -0.2) is 13.4 Å². The van der Waals surface area contributed by atoms with Crippen LogP contribution in [-0.4, -0.2) is 36.6 Å². The predicted molar refractivity (Wildman–Crippen MR) is 111 cm³/mol. The molecule has 1 saturated carbocycles. The minimum atomic E-state index is -3.26. The summed E-state index contributed by atoms with van der Waals surface area (Å²) < 4.78 is 28.4. The summed E-state index contributed by atoms with van der Waals surface area (Å²) in [6.07, 6.45) is 8.36. The zero-order valence-corrected chi connectivity index (χ0v) is 17.4. The van der Waals surface area contributed by atoms with Crippen molar-refractivity contribution in [1.29, 1.82) is 0 Å². The number of nitrogens with one attached hydrogen (secondary N) is 1. The molecule has 154 valence electrons. The van der Waals surface area contributed by atoms with Crippen LogP contribution in [0.3, 0.4) is 0 Å². The van der Waals surface area contributed by atoms with Gasteiger partial charge in [-0.15, -0.1) is 0 Å². The van der Waals surface area contributed by atoms with E-state index in [2.05, 4.69) is 15.3 Å². The van der Waals surface area contributed by atoms with Gasteiger partial charge in [0.25, 0.3) is 5.91 Å². The standard InChI is InChI=1S/C21H25N3O4S/c1-15(12-13-29(2,26)27)23-20(25)18-14-22-19(16-8-6-7-9-16)24-21(18)28-17-10-4-3-5-11-17/h3-5,10-16H,6-9H2,1-2H3,(H,23,25)/b13-12-/t15-/m1/s1. The van der Waals surface area contributed by atoms with Crippen LogP contribution in [-0.2, 0) is 9.84 Å². The van der Waals surface area contributed by atoms with Crippen LogP contribution in [0.5, 0.6) is 11.6 Å². The molecule has 1 aliphatic carbocycles. The van der Waals surface area contributed by atoms with Gasteiger partial charge in [0, 0.05) is 29.8 Å². The molecule has 1 amide bonds. The van der Waals surface area contributed by atoms with Gasteiger partial charge in [-0.05, 0) is 31.9 Å². The number of benzene rings is 1. The van der Waals surface area contributed by atoms with Crippen LogP contribution >= 0.6 is 0 Å².